The highest BCUT2D eigenvalue weighted by atomic mass is 35.5. The maximum Gasteiger partial charge on any atom is 0.303 e. The molecule has 3 aromatic carbocycles. The molecule has 6 nitrogen and oxygen atoms in total. The van der Waals surface area contributed by atoms with Gasteiger partial charge in [-0.1, -0.05) is 48.0 Å². The van der Waals surface area contributed by atoms with E-state index in [-0.39, 0.29) is 12.3 Å². The number of anilines is 1. The minimum absolute atomic E-state index is 0.0379. The van der Waals surface area contributed by atoms with Crippen molar-refractivity contribution in [2.45, 2.75) is 31.6 Å². The maximum absolute atomic E-state index is 13.2. The molecule has 1 aliphatic heterocycles. The number of carbonyl (C=O) groups excluding carboxylic acids is 1. The second-order valence-electron chi connectivity index (χ2n) is 9.32. The number of carboxylic acids is 1. The van der Waals surface area contributed by atoms with Crippen LogP contribution in [0.2, 0.25) is 5.02 Å². The fourth-order valence-corrected chi connectivity index (χ4v) is 4.63. The van der Waals surface area contributed by atoms with Crippen LogP contribution in [0.1, 0.15) is 41.0 Å². The molecule has 1 atom stereocenters. The Morgan fingerprint density at radius 3 is 2.53 bits per heavy atom. The van der Waals surface area contributed by atoms with E-state index in [0.29, 0.717) is 22.8 Å². The summed E-state index contributed by atoms with van der Waals surface area (Å²) in [5.41, 5.74) is 5.77. The predicted octanol–water partition coefficient (Wildman–Crippen LogP) is 5.71. The van der Waals surface area contributed by atoms with Gasteiger partial charge in [-0.2, -0.15) is 0 Å². The van der Waals surface area contributed by atoms with Gasteiger partial charge in [-0.15, -0.1) is 0 Å². The van der Waals surface area contributed by atoms with Crippen molar-refractivity contribution in [3.8, 4) is 0 Å². The lowest BCUT2D eigenvalue weighted by atomic mass is 9.89. The summed E-state index contributed by atoms with van der Waals surface area (Å²) < 4.78 is 0. The summed E-state index contributed by atoms with van der Waals surface area (Å²) in [5.74, 6) is -1.62. The highest BCUT2D eigenvalue weighted by molar-refractivity contribution is 6.31. The average Bonchev–Trinajstić information content (AvgIpc) is 3.16. The Balaban J connectivity index is 1.75. The van der Waals surface area contributed by atoms with Gasteiger partial charge in [-0.3, -0.25) is 14.6 Å². The predicted molar refractivity (Wildman–Crippen MR) is 145 cm³/mol. The monoisotopic (exact) mass is 503 g/mol. The van der Waals surface area contributed by atoms with Gasteiger partial charge in [0.1, 0.15) is 5.92 Å². The first-order chi connectivity index (χ1) is 17.3. The molecule has 1 unspecified atom stereocenters. The van der Waals surface area contributed by atoms with Gasteiger partial charge in [0, 0.05) is 17.1 Å². The standard InChI is InChI=1S/C29H30ClN3O3/c1-33(2)15-5-8-19-7-4-10-23(17-19)31-28(21-9-3-6-20(16-21)11-14-26(34)35)27-24-13-12-22(30)18-25(24)32-29(27)36/h3-4,6-7,9-10,12-13,16-18,27H,5,8,11,14-15H2,1-2H3,(H,32,36)(H,34,35). The van der Waals surface area contributed by atoms with Gasteiger partial charge in [0.05, 0.1) is 11.4 Å². The molecule has 0 spiro atoms. The molecular formula is C29H30ClN3O3. The van der Waals surface area contributed by atoms with E-state index in [2.05, 4.69) is 36.4 Å². The third-order valence-corrected chi connectivity index (χ3v) is 6.44. The number of carboxylic acid groups (broad SMARTS) is 1. The number of amides is 1. The fraction of sp³-hybridized carbons (Fsp3) is 0.276. The van der Waals surface area contributed by atoms with Gasteiger partial charge < -0.3 is 15.3 Å². The van der Waals surface area contributed by atoms with Gasteiger partial charge in [-0.05, 0) is 92.5 Å². The normalized spacial score (nSPS) is 15.2. The number of benzene rings is 3. The number of hydrogen-bond acceptors (Lipinski definition) is 4. The molecule has 0 fully saturated rings. The van der Waals surface area contributed by atoms with Crippen LogP contribution in [0, 0.1) is 0 Å². The van der Waals surface area contributed by atoms with E-state index in [9.17, 15) is 9.59 Å². The molecule has 1 amide bonds. The number of carbonyl (C=O) groups is 2. The van der Waals surface area contributed by atoms with Crippen LogP contribution in [0.15, 0.2) is 71.7 Å². The summed E-state index contributed by atoms with van der Waals surface area (Å²) >= 11 is 6.17. The Morgan fingerprint density at radius 1 is 1.03 bits per heavy atom. The molecule has 0 aromatic heterocycles. The van der Waals surface area contributed by atoms with Gasteiger partial charge in [-0.25, -0.2) is 0 Å². The van der Waals surface area contributed by atoms with Crippen LogP contribution in [0.3, 0.4) is 0 Å². The van der Waals surface area contributed by atoms with E-state index in [4.69, 9.17) is 21.7 Å². The van der Waals surface area contributed by atoms with Gasteiger partial charge >= 0.3 is 5.97 Å². The lowest BCUT2D eigenvalue weighted by molar-refractivity contribution is -0.137. The molecule has 1 heterocycles. The summed E-state index contributed by atoms with van der Waals surface area (Å²) in [5, 5.41) is 12.6. The quantitative estimate of drug-likeness (QED) is 0.347. The zero-order chi connectivity index (χ0) is 25.7. The second kappa shape index (κ2) is 11.5. The summed E-state index contributed by atoms with van der Waals surface area (Å²) in [6.45, 7) is 1.00. The highest BCUT2D eigenvalue weighted by Gasteiger charge is 2.35. The zero-order valence-corrected chi connectivity index (χ0v) is 21.3. The van der Waals surface area contributed by atoms with Crippen molar-refractivity contribution < 1.29 is 14.7 Å². The summed E-state index contributed by atoms with van der Waals surface area (Å²) in [7, 11) is 4.13. The van der Waals surface area contributed by atoms with Crippen molar-refractivity contribution in [3.05, 3.63) is 94.0 Å². The van der Waals surface area contributed by atoms with E-state index in [1.165, 1.54) is 5.56 Å². The van der Waals surface area contributed by atoms with Gasteiger partial charge in [0.25, 0.3) is 0 Å². The van der Waals surface area contributed by atoms with Crippen molar-refractivity contribution in [3.63, 3.8) is 0 Å². The van der Waals surface area contributed by atoms with Crippen molar-refractivity contribution >= 4 is 40.6 Å². The Morgan fingerprint density at radius 2 is 1.78 bits per heavy atom. The lowest BCUT2D eigenvalue weighted by Gasteiger charge is -2.15. The first-order valence-electron chi connectivity index (χ1n) is 12.0. The molecule has 2 N–H and O–H groups in total. The molecule has 1 aliphatic rings. The molecule has 0 bridgehead atoms. The van der Waals surface area contributed by atoms with Crippen LogP contribution in [0.25, 0.3) is 0 Å². The SMILES string of the molecule is CN(C)CCCc1cccc(N=C(c2cccc(CCC(=O)O)c2)C2C(=O)Nc3cc(Cl)ccc32)c1. The number of nitrogens with zero attached hydrogens (tertiary/aromatic N) is 2. The van der Waals surface area contributed by atoms with E-state index in [1.54, 1.807) is 12.1 Å². The molecule has 0 saturated carbocycles. The largest absolute Gasteiger partial charge is 0.481 e. The molecule has 0 aliphatic carbocycles. The van der Waals surface area contributed by atoms with Crippen molar-refractivity contribution in [1.82, 2.24) is 4.90 Å². The number of fused-ring (bicyclic) bond motifs is 1. The molecule has 0 radical (unpaired) electrons. The van der Waals surface area contributed by atoms with Crippen LogP contribution < -0.4 is 5.32 Å². The summed E-state index contributed by atoms with van der Waals surface area (Å²) in [6, 6.07) is 21.1. The van der Waals surface area contributed by atoms with E-state index < -0.39 is 11.9 Å². The third-order valence-electron chi connectivity index (χ3n) is 6.20. The lowest BCUT2D eigenvalue weighted by Crippen LogP contribution is -2.22. The fourth-order valence-electron chi connectivity index (χ4n) is 4.46. The van der Waals surface area contributed by atoms with Crippen LogP contribution in [-0.2, 0) is 22.4 Å². The number of aliphatic carboxylic acids is 1. The Labute approximate surface area is 216 Å². The van der Waals surface area contributed by atoms with Crippen LogP contribution in [0.5, 0.6) is 0 Å². The number of nitrogens with one attached hydrogen (secondary N) is 1. The number of aryl methyl sites for hydroxylation is 2. The molecule has 36 heavy (non-hydrogen) atoms. The number of rotatable bonds is 10. The van der Waals surface area contributed by atoms with Crippen molar-refractivity contribution in [2.75, 3.05) is 26.0 Å². The van der Waals surface area contributed by atoms with Crippen molar-refractivity contribution in [1.29, 1.82) is 0 Å². The van der Waals surface area contributed by atoms with E-state index in [0.717, 1.165) is 41.8 Å². The van der Waals surface area contributed by atoms with E-state index in [1.807, 2.05) is 42.5 Å². The Hall–Kier alpha value is -3.48. The smallest absolute Gasteiger partial charge is 0.303 e. The van der Waals surface area contributed by atoms with Crippen LogP contribution in [-0.4, -0.2) is 48.2 Å². The molecule has 186 valence electrons. The Bertz CT molecular complexity index is 1300. The summed E-state index contributed by atoms with van der Waals surface area (Å²) in [4.78, 5) is 31.5. The topological polar surface area (TPSA) is 82.0 Å². The molecule has 4 rings (SSSR count). The van der Waals surface area contributed by atoms with Gasteiger partial charge in [0.15, 0.2) is 0 Å². The number of aliphatic imine (C=N–C) groups is 1. The summed E-state index contributed by atoms with van der Waals surface area (Å²) in [6.07, 6.45) is 2.42. The number of halogens is 1. The van der Waals surface area contributed by atoms with Crippen LogP contribution >= 0.6 is 11.6 Å². The molecule has 7 heteroatoms. The highest BCUT2D eigenvalue weighted by Crippen LogP contribution is 2.38. The third kappa shape index (κ3) is 6.39. The van der Waals surface area contributed by atoms with E-state index >= 15 is 0 Å². The maximum atomic E-state index is 13.2. The minimum Gasteiger partial charge on any atom is -0.481 e. The van der Waals surface area contributed by atoms with Crippen molar-refractivity contribution in [2.24, 2.45) is 4.99 Å². The second-order valence-corrected chi connectivity index (χ2v) is 9.76. The number of hydrogen-bond donors (Lipinski definition) is 2. The molecular weight excluding hydrogens is 474 g/mol. The van der Waals surface area contributed by atoms with Gasteiger partial charge in [0.2, 0.25) is 5.91 Å². The zero-order valence-electron chi connectivity index (χ0n) is 20.5. The molecule has 3 aromatic rings. The van der Waals surface area contributed by atoms with Crippen LogP contribution in [0.4, 0.5) is 11.4 Å². The first kappa shape index (κ1) is 25.6. The average molecular weight is 504 g/mol. The first-order valence-corrected chi connectivity index (χ1v) is 12.4. The Kier molecular flexibility index (Phi) is 8.18. The minimum atomic E-state index is -0.846. The molecule has 0 saturated heterocycles.